The Kier molecular flexibility index (Phi) is 8.62. The Morgan fingerprint density at radius 2 is 1.45 bits per heavy atom. The minimum Gasteiger partial charge on any atom is -0.497 e. The Morgan fingerprint density at radius 1 is 0.818 bits per heavy atom. The molecule has 0 aromatic heterocycles. The summed E-state index contributed by atoms with van der Waals surface area (Å²) in [5, 5.41) is 0. The molecule has 1 saturated carbocycles. The van der Waals surface area contributed by atoms with Crippen LogP contribution in [0.25, 0.3) is 11.1 Å². The lowest BCUT2D eigenvalue weighted by Gasteiger charge is -2.32. The minimum absolute atomic E-state index is 0.149. The van der Waals surface area contributed by atoms with E-state index < -0.39 is 11.6 Å². The summed E-state index contributed by atoms with van der Waals surface area (Å²) in [5.74, 6) is 1.22. The number of benzene rings is 2. The molecule has 0 unspecified atom stereocenters. The molecule has 2 aromatic rings. The number of hydrogen-bond donors (Lipinski definition) is 0. The van der Waals surface area contributed by atoms with Crippen molar-refractivity contribution in [2.75, 3.05) is 7.11 Å². The summed E-state index contributed by atoms with van der Waals surface area (Å²) in [4.78, 5) is 0. The average Bonchev–Trinajstić information content (AvgIpc) is 2.86. The van der Waals surface area contributed by atoms with Gasteiger partial charge in [-0.05, 0) is 66.7 Å². The largest absolute Gasteiger partial charge is 0.497 e. The molecule has 1 heterocycles. The zero-order valence-electron chi connectivity index (χ0n) is 20.4. The van der Waals surface area contributed by atoms with E-state index in [1.54, 1.807) is 55.6 Å². The summed E-state index contributed by atoms with van der Waals surface area (Å²) in [6, 6.07) is 15.4. The molecule has 2 aromatic carbocycles. The van der Waals surface area contributed by atoms with Crippen molar-refractivity contribution in [2.45, 2.75) is 88.8 Å². The second-order valence-corrected chi connectivity index (χ2v) is 14.0. The van der Waals surface area contributed by atoms with E-state index in [4.69, 9.17) is 4.74 Å². The van der Waals surface area contributed by atoms with Crippen LogP contribution in [-0.2, 0) is 0 Å². The van der Waals surface area contributed by atoms with E-state index in [1.165, 1.54) is 32.1 Å². The maximum absolute atomic E-state index is 15.1. The lowest BCUT2D eigenvalue weighted by atomic mass is 9.76. The molecule has 1 aliphatic carbocycles. The van der Waals surface area contributed by atoms with E-state index in [2.05, 4.69) is 6.92 Å². The third-order valence-electron chi connectivity index (χ3n) is 8.45. The van der Waals surface area contributed by atoms with E-state index in [9.17, 15) is 4.39 Å². The molecular formula is C29H40F2OSi. The summed E-state index contributed by atoms with van der Waals surface area (Å²) in [6.07, 6.45) is 11.4. The van der Waals surface area contributed by atoms with Crippen molar-refractivity contribution in [1.82, 2.24) is 0 Å². The quantitative estimate of drug-likeness (QED) is 0.350. The van der Waals surface area contributed by atoms with Crippen molar-refractivity contribution in [3.8, 4) is 16.9 Å². The first-order valence-electron chi connectivity index (χ1n) is 13.2. The van der Waals surface area contributed by atoms with Crippen molar-refractivity contribution >= 4 is 8.80 Å². The Bertz CT molecular complexity index is 881. The molecule has 180 valence electrons. The van der Waals surface area contributed by atoms with Crippen LogP contribution in [-0.4, -0.2) is 15.9 Å². The molecule has 1 aliphatic heterocycles. The molecule has 0 N–H and O–H groups in total. The second-order valence-electron chi connectivity index (χ2n) is 10.5. The van der Waals surface area contributed by atoms with Crippen LogP contribution in [0.3, 0.4) is 0 Å². The first-order chi connectivity index (χ1) is 16.1. The zero-order chi connectivity index (χ0) is 23.2. The summed E-state index contributed by atoms with van der Waals surface area (Å²) >= 11 is 0. The van der Waals surface area contributed by atoms with E-state index in [0.717, 1.165) is 37.5 Å². The van der Waals surface area contributed by atoms with Crippen LogP contribution in [0.5, 0.6) is 5.75 Å². The van der Waals surface area contributed by atoms with E-state index in [-0.39, 0.29) is 14.7 Å². The van der Waals surface area contributed by atoms with Gasteiger partial charge in [0.2, 0.25) is 0 Å². The van der Waals surface area contributed by atoms with Crippen LogP contribution < -0.4 is 4.74 Å². The first kappa shape index (κ1) is 24.4. The summed E-state index contributed by atoms with van der Waals surface area (Å²) in [6.45, 7) is 2.34. The van der Waals surface area contributed by atoms with Gasteiger partial charge in [0.05, 0.1) is 7.11 Å². The number of halogens is 2. The molecule has 33 heavy (non-hydrogen) atoms. The summed E-state index contributed by atoms with van der Waals surface area (Å²) in [5.41, 5.74) is 1.57. The van der Waals surface area contributed by atoms with Crippen LogP contribution in [0, 0.1) is 23.5 Å². The smallest absolute Gasteiger partial charge is 0.166 e. The van der Waals surface area contributed by atoms with Gasteiger partial charge >= 0.3 is 0 Å². The standard InChI is InChI=1S/C29H40F2OSi/c1-3-18-33-19-16-22(17-20-33)5-4-21-6-8-23(9-7-21)26-14-15-27(29(31)28(26)30)24-10-12-25(32-2)13-11-24/h10-15,21-23,33H,3-9,16-20H2,1-2H3/t21-,22?,23-,33?. The van der Waals surface area contributed by atoms with Gasteiger partial charge in [0.15, 0.2) is 11.6 Å². The third kappa shape index (κ3) is 6.06. The van der Waals surface area contributed by atoms with Gasteiger partial charge in [0.25, 0.3) is 0 Å². The van der Waals surface area contributed by atoms with Gasteiger partial charge in [-0.2, -0.15) is 0 Å². The SMILES string of the molecule is CCC[SiH]1CCC(CC[C@H]2CC[C@H](c3ccc(-c4ccc(OC)cc4)c(F)c3F)CC2)CC1. The highest BCUT2D eigenvalue weighted by Crippen LogP contribution is 2.41. The number of rotatable bonds is 8. The molecule has 4 rings (SSSR count). The van der Waals surface area contributed by atoms with Crippen molar-refractivity contribution in [3.63, 3.8) is 0 Å². The van der Waals surface area contributed by atoms with Gasteiger partial charge < -0.3 is 4.74 Å². The highest BCUT2D eigenvalue weighted by molar-refractivity contribution is 6.58. The number of ether oxygens (including phenoxy) is 1. The van der Waals surface area contributed by atoms with Gasteiger partial charge in [-0.15, -0.1) is 0 Å². The van der Waals surface area contributed by atoms with E-state index >= 15 is 4.39 Å². The van der Waals surface area contributed by atoms with Gasteiger partial charge in [-0.25, -0.2) is 8.78 Å². The fourth-order valence-corrected chi connectivity index (χ4v) is 9.89. The van der Waals surface area contributed by atoms with Crippen molar-refractivity contribution < 1.29 is 13.5 Å². The monoisotopic (exact) mass is 470 g/mol. The molecule has 1 saturated heterocycles. The fourth-order valence-electron chi connectivity index (χ4n) is 6.32. The van der Waals surface area contributed by atoms with Crippen LogP contribution in [0.4, 0.5) is 8.78 Å². The van der Waals surface area contributed by atoms with Gasteiger partial charge in [0.1, 0.15) is 5.75 Å². The molecular weight excluding hydrogens is 430 g/mol. The second kappa shape index (κ2) is 11.6. The van der Waals surface area contributed by atoms with E-state index in [1.807, 2.05) is 6.07 Å². The van der Waals surface area contributed by atoms with Gasteiger partial charge in [0, 0.05) is 14.4 Å². The molecule has 2 aliphatic rings. The summed E-state index contributed by atoms with van der Waals surface area (Å²) < 4.78 is 35.2. The van der Waals surface area contributed by atoms with Crippen LogP contribution in [0.15, 0.2) is 36.4 Å². The Balaban J connectivity index is 1.29. The zero-order valence-corrected chi connectivity index (χ0v) is 21.6. The van der Waals surface area contributed by atoms with Crippen molar-refractivity contribution in [1.29, 1.82) is 0 Å². The maximum atomic E-state index is 15.1. The Morgan fingerprint density at radius 3 is 2.06 bits per heavy atom. The van der Waals surface area contributed by atoms with Crippen LogP contribution >= 0.6 is 0 Å². The van der Waals surface area contributed by atoms with Crippen molar-refractivity contribution in [2.24, 2.45) is 11.8 Å². The lowest BCUT2D eigenvalue weighted by Crippen LogP contribution is -2.22. The molecule has 0 radical (unpaired) electrons. The lowest BCUT2D eigenvalue weighted by molar-refractivity contribution is 0.277. The molecule has 0 spiro atoms. The van der Waals surface area contributed by atoms with Gasteiger partial charge in [-0.1, -0.05) is 81.4 Å². The summed E-state index contributed by atoms with van der Waals surface area (Å²) in [7, 11) is 1.22. The molecule has 4 heteroatoms. The van der Waals surface area contributed by atoms with Crippen molar-refractivity contribution in [3.05, 3.63) is 53.6 Å². The molecule has 0 amide bonds. The normalized spacial score (nSPS) is 25.7. The Hall–Kier alpha value is -1.68. The molecule has 2 fully saturated rings. The maximum Gasteiger partial charge on any atom is 0.166 e. The molecule has 0 atom stereocenters. The highest BCUT2D eigenvalue weighted by atomic mass is 28.3. The third-order valence-corrected chi connectivity index (χ3v) is 12.1. The molecule has 1 nitrogen and oxygen atoms in total. The predicted octanol–water partition coefficient (Wildman–Crippen LogP) is 8.74. The fraction of sp³-hybridized carbons (Fsp3) is 0.586. The Labute approximate surface area is 200 Å². The van der Waals surface area contributed by atoms with Gasteiger partial charge in [-0.3, -0.25) is 0 Å². The van der Waals surface area contributed by atoms with Crippen LogP contribution in [0.2, 0.25) is 18.1 Å². The average molecular weight is 471 g/mol. The minimum atomic E-state index is -0.720. The number of hydrogen-bond acceptors (Lipinski definition) is 1. The van der Waals surface area contributed by atoms with Crippen LogP contribution in [0.1, 0.15) is 76.2 Å². The number of methoxy groups -OCH3 is 1. The highest BCUT2D eigenvalue weighted by Gasteiger charge is 2.28. The topological polar surface area (TPSA) is 9.23 Å². The van der Waals surface area contributed by atoms with E-state index in [0.29, 0.717) is 22.4 Å². The first-order valence-corrected chi connectivity index (χ1v) is 15.7. The molecule has 0 bridgehead atoms. The predicted molar refractivity (Wildman–Crippen MR) is 137 cm³/mol.